The third kappa shape index (κ3) is 2.74. The highest BCUT2D eigenvalue weighted by Gasteiger charge is 2.18. The van der Waals surface area contributed by atoms with Gasteiger partial charge in [-0.3, -0.25) is 14.9 Å². The summed E-state index contributed by atoms with van der Waals surface area (Å²) in [6, 6.07) is 2.19. The van der Waals surface area contributed by atoms with Gasteiger partial charge < -0.3 is 10.8 Å². The highest BCUT2D eigenvalue weighted by molar-refractivity contribution is 5.68. The van der Waals surface area contributed by atoms with Crippen LogP contribution in [0, 0.1) is 15.9 Å². The Morgan fingerprint density at radius 3 is 2.75 bits per heavy atom. The van der Waals surface area contributed by atoms with Crippen LogP contribution in [0.25, 0.3) is 0 Å². The Bertz CT molecular complexity index is 436. The van der Waals surface area contributed by atoms with Gasteiger partial charge in [0, 0.05) is 12.1 Å². The lowest BCUT2D eigenvalue weighted by Gasteiger charge is -2.08. The van der Waals surface area contributed by atoms with Gasteiger partial charge in [0.25, 0.3) is 0 Å². The standard InChI is InChI=1S/C9H9FN2O4/c10-6-2-1-5(3-8(6)12(15)16)7(11)4-9(13)14/h1-3,7H,4,11H2,(H,13,14). The number of hydrogen-bond acceptors (Lipinski definition) is 4. The fourth-order valence-electron chi connectivity index (χ4n) is 1.21. The number of carbonyl (C=O) groups is 1. The van der Waals surface area contributed by atoms with E-state index in [0.29, 0.717) is 0 Å². The normalized spacial score (nSPS) is 12.1. The lowest BCUT2D eigenvalue weighted by atomic mass is 10.0. The minimum absolute atomic E-state index is 0.218. The van der Waals surface area contributed by atoms with Gasteiger partial charge in [0.1, 0.15) is 0 Å². The zero-order valence-electron chi connectivity index (χ0n) is 8.09. The average molecular weight is 228 g/mol. The molecule has 1 unspecified atom stereocenters. The maximum Gasteiger partial charge on any atom is 0.305 e. The Morgan fingerprint density at radius 2 is 2.25 bits per heavy atom. The molecule has 1 aromatic rings. The molecule has 0 heterocycles. The maximum absolute atomic E-state index is 12.9. The summed E-state index contributed by atoms with van der Waals surface area (Å²) < 4.78 is 12.9. The van der Waals surface area contributed by atoms with E-state index in [1.807, 2.05) is 0 Å². The molecule has 0 aromatic heterocycles. The molecule has 0 radical (unpaired) electrons. The van der Waals surface area contributed by atoms with Gasteiger partial charge in [-0.25, -0.2) is 0 Å². The summed E-state index contributed by atoms with van der Waals surface area (Å²) in [7, 11) is 0. The second-order valence-electron chi connectivity index (χ2n) is 3.17. The van der Waals surface area contributed by atoms with Crippen molar-refractivity contribution in [2.45, 2.75) is 12.5 Å². The molecular weight excluding hydrogens is 219 g/mol. The minimum Gasteiger partial charge on any atom is -0.481 e. The van der Waals surface area contributed by atoms with E-state index in [4.69, 9.17) is 10.8 Å². The van der Waals surface area contributed by atoms with Crippen molar-refractivity contribution in [2.24, 2.45) is 5.73 Å². The van der Waals surface area contributed by atoms with Crippen LogP contribution >= 0.6 is 0 Å². The number of hydrogen-bond donors (Lipinski definition) is 2. The molecule has 1 aromatic carbocycles. The summed E-state index contributed by atoms with van der Waals surface area (Å²) in [5.41, 5.74) is 5.00. The second-order valence-corrected chi connectivity index (χ2v) is 3.17. The summed E-state index contributed by atoms with van der Waals surface area (Å²) in [5.74, 6) is -2.10. The zero-order valence-corrected chi connectivity index (χ0v) is 8.09. The fraction of sp³-hybridized carbons (Fsp3) is 0.222. The highest BCUT2D eigenvalue weighted by Crippen LogP contribution is 2.23. The number of rotatable bonds is 4. The van der Waals surface area contributed by atoms with Gasteiger partial charge in [-0.15, -0.1) is 0 Å². The fourth-order valence-corrected chi connectivity index (χ4v) is 1.21. The predicted molar refractivity (Wildman–Crippen MR) is 52.2 cm³/mol. The zero-order chi connectivity index (χ0) is 12.3. The number of aliphatic carboxylic acids is 1. The number of carboxylic acids is 1. The molecule has 0 fully saturated rings. The Balaban J connectivity index is 3.02. The van der Waals surface area contributed by atoms with E-state index in [0.717, 1.165) is 12.1 Å². The monoisotopic (exact) mass is 228 g/mol. The molecule has 16 heavy (non-hydrogen) atoms. The molecule has 0 aliphatic carbocycles. The molecule has 1 atom stereocenters. The average Bonchev–Trinajstić information content (AvgIpc) is 2.16. The third-order valence-corrected chi connectivity index (χ3v) is 1.99. The SMILES string of the molecule is NC(CC(=O)O)c1ccc(F)c([N+](=O)[O-])c1. The summed E-state index contributed by atoms with van der Waals surface area (Å²) in [6.45, 7) is 0. The van der Waals surface area contributed by atoms with Crippen molar-refractivity contribution < 1.29 is 19.2 Å². The summed E-state index contributed by atoms with van der Waals surface area (Å²) in [4.78, 5) is 19.9. The minimum atomic E-state index is -1.13. The molecule has 0 amide bonds. The van der Waals surface area contributed by atoms with Crippen LogP contribution in [-0.2, 0) is 4.79 Å². The molecule has 0 saturated heterocycles. The number of carboxylic acid groups (broad SMARTS) is 1. The summed E-state index contributed by atoms with van der Waals surface area (Å²) >= 11 is 0. The molecule has 0 aliphatic rings. The molecule has 3 N–H and O–H groups in total. The molecule has 86 valence electrons. The van der Waals surface area contributed by atoms with Crippen LogP contribution < -0.4 is 5.73 Å². The van der Waals surface area contributed by atoms with Crippen LogP contribution in [0.3, 0.4) is 0 Å². The first kappa shape index (κ1) is 12.1. The van der Waals surface area contributed by atoms with E-state index in [9.17, 15) is 19.3 Å². The van der Waals surface area contributed by atoms with Crippen molar-refractivity contribution in [2.75, 3.05) is 0 Å². The van der Waals surface area contributed by atoms with E-state index in [1.165, 1.54) is 6.07 Å². The number of benzene rings is 1. The maximum atomic E-state index is 12.9. The topological polar surface area (TPSA) is 106 Å². The van der Waals surface area contributed by atoms with E-state index in [2.05, 4.69) is 0 Å². The van der Waals surface area contributed by atoms with Gasteiger partial charge in [0.15, 0.2) is 0 Å². The second kappa shape index (κ2) is 4.67. The predicted octanol–water partition coefficient (Wildman–Crippen LogP) is 1.21. The molecule has 0 saturated carbocycles. The van der Waals surface area contributed by atoms with Crippen molar-refractivity contribution in [3.63, 3.8) is 0 Å². The van der Waals surface area contributed by atoms with Crippen LogP contribution in [0.5, 0.6) is 0 Å². The first-order valence-corrected chi connectivity index (χ1v) is 4.33. The van der Waals surface area contributed by atoms with Gasteiger partial charge in [-0.1, -0.05) is 6.07 Å². The molecule has 0 spiro atoms. The van der Waals surface area contributed by atoms with Crippen LogP contribution in [0.1, 0.15) is 18.0 Å². The quantitative estimate of drug-likeness (QED) is 0.595. The molecule has 7 heteroatoms. The van der Waals surface area contributed by atoms with E-state index in [-0.39, 0.29) is 12.0 Å². The number of nitro groups is 1. The molecule has 0 aliphatic heterocycles. The number of halogens is 1. The Morgan fingerprint density at radius 1 is 1.62 bits per heavy atom. The van der Waals surface area contributed by atoms with Crippen LogP contribution in [0.4, 0.5) is 10.1 Å². The summed E-state index contributed by atoms with van der Waals surface area (Å²) in [5, 5.41) is 18.9. The molecule has 0 bridgehead atoms. The first-order valence-electron chi connectivity index (χ1n) is 4.33. The third-order valence-electron chi connectivity index (χ3n) is 1.99. The van der Waals surface area contributed by atoms with Gasteiger partial charge in [-0.2, -0.15) is 4.39 Å². The molecule has 6 nitrogen and oxygen atoms in total. The van der Waals surface area contributed by atoms with Crippen LogP contribution in [0.15, 0.2) is 18.2 Å². The van der Waals surface area contributed by atoms with E-state index >= 15 is 0 Å². The summed E-state index contributed by atoms with van der Waals surface area (Å²) in [6.07, 6.45) is -0.372. The lowest BCUT2D eigenvalue weighted by Crippen LogP contribution is -2.15. The number of nitro benzene ring substituents is 1. The van der Waals surface area contributed by atoms with Gasteiger partial charge in [0.05, 0.1) is 11.3 Å². The van der Waals surface area contributed by atoms with Gasteiger partial charge in [-0.05, 0) is 11.6 Å². The van der Waals surface area contributed by atoms with Gasteiger partial charge >= 0.3 is 11.7 Å². The van der Waals surface area contributed by atoms with E-state index < -0.39 is 28.4 Å². The Labute approximate surface area is 89.6 Å². The lowest BCUT2D eigenvalue weighted by molar-refractivity contribution is -0.387. The number of nitrogens with zero attached hydrogens (tertiary/aromatic N) is 1. The molecule has 1 rings (SSSR count). The Hall–Kier alpha value is -2.02. The van der Waals surface area contributed by atoms with Crippen molar-refractivity contribution in [1.29, 1.82) is 0 Å². The molecular formula is C9H9FN2O4. The first-order chi connectivity index (χ1) is 7.41. The largest absolute Gasteiger partial charge is 0.481 e. The van der Waals surface area contributed by atoms with Crippen molar-refractivity contribution in [1.82, 2.24) is 0 Å². The van der Waals surface area contributed by atoms with Crippen molar-refractivity contribution in [3.8, 4) is 0 Å². The smallest absolute Gasteiger partial charge is 0.305 e. The van der Waals surface area contributed by atoms with Crippen molar-refractivity contribution >= 4 is 11.7 Å². The van der Waals surface area contributed by atoms with Gasteiger partial charge in [0.2, 0.25) is 5.82 Å². The number of nitrogens with two attached hydrogens (primary N) is 1. The Kier molecular flexibility index (Phi) is 3.51. The van der Waals surface area contributed by atoms with Crippen molar-refractivity contribution in [3.05, 3.63) is 39.7 Å². The van der Waals surface area contributed by atoms with E-state index in [1.54, 1.807) is 0 Å². The van der Waals surface area contributed by atoms with Crippen LogP contribution in [0.2, 0.25) is 0 Å². The highest BCUT2D eigenvalue weighted by atomic mass is 19.1. The van der Waals surface area contributed by atoms with Crippen LogP contribution in [-0.4, -0.2) is 16.0 Å².